The highest BCUT2D eigenvalue weighted by molar-refractivity contribution is 7.89. The fourth-order valence-corrected chi connectivity index (χ4v) is 5.71. The molecule has 1 aromatic heterocycles. The molecule has 1 aliphatic rings. The van der Waals surface area contributed by atoms with Gasteiger partial charge in [-0.25, -0.2) is 18.2 Å². The van der Waals surface area contributed by atoms with Crippen LogP contribution in [0.2, 0.25) is 10.0 Å². The molecule has 0 saturated carbocycles. The van der Waals surface area contributed by atoms with E-state index in [-0.39, 0.29) is 33.1 Å². The third-order valence-corrected chi connectivity index (χ3v) is 7.30. The van der Waals surface area contributed by atoms with E-state index in [4.69, 9.17) is 27.9 Å². The van der Waals surface area contributed by atoms with Gasteiger partial charge in [-0.2, -0.15) is 4.31 Å². The Labute approximate surface area is 196 Å². The van der Waals surface area contributed by atoms with Crippen LogP contribution >= 0.6 is 23.2 Å². The van der Waals surface area contributed by atoms with Crippen molar-refractivity contribution in [1.82, 2.24) is 9.29 Å². The van der Waals surface area contributed by atoms with Gasteiger partial charge in [0.05, 0.1) is 20.5 Å². The van der Waals surface area contributed by atoms with Crippen molar-refractivity contribution in [3.8, 4) is 0 Å². The molecule has 8 nitrogen and oxygen atoms in total. The number of halogens is 2. The van der Waals surface area contributed by atoms with Gasteiger partial charge in [-0.3, -0.25) is 4.79 Å². The Morgan fingerprint density at radius 2 is 1.78 bits per heavy atom. The van der Waals surface area contributed by atoms with Gasteiger partial charge in [0.2, 0.25) is 10.0 Å². The maximum Gasteiger partial charge on any atom is 0.338 e. The topological polar surface area (TPSA) is 106 Å². The molecule has 1 saturated heterocycles. The van der Waals surface area contributed by atoms with Crippen molar-refractivity contribution >= 4 is 50.9 Å². The lowest BCUT2D eigenvalue weighted by Crippen LogP contribution is -2.42. The zero-order valence-electron chi connectivity index (χ0n) is 17.5. The number of carbonyl (C=O) groups is 2. The van der Waals surface area contributed by atoms with Crippen molar-refractivity contribution in [2.75, 3.05) is 25.0 Å². The molecule has 1 N–H and O–H groups in total. The van der Waals surface area contributed by atoms with Gasteiger partial charge in [0, 0.05) is 19.3 Å². The smallest absolute Gasteiger partial charge is 0.338 e. The number of hydrogen-bond donors (Lipinski definition) is 1. The van der Waals surface area contributed by atoms with E-state index >= 15 is 0 Å². The Hall–Kier alpha value is -2.20. The molecule has 1 amide bonds. The number of nitrogens with one attached hydrogen (secondary N) is 1. The van der Waals surface area contributed by atoms with Crippen molar-refractivity contribution in [2.24, 2.45) is 11.8 Å². The van der Waals surface area contributed by atoms with Gasteiger partial charge >= 0.3 is 5.97 Å². The van der Waals surface area contributed by atoms with Gasteiger partial charge in [0.1, 0.15) is 0 Å². The van der Waals surface area contributed by atoms with Crippen LogP contribution in [0.1, 0.15) is 30.6 Å². The zero-order chi connectivity index (χ0) is 23.5. The lowest BCUT2D eigenvalue weighted by atomic mass is 9.94. The number of piperidine rings is 1. The normalized spacial score (nSPS) is 19.4. The number of hydrogen-bond acceptors (Lipinski definition) is 6. The predicted octanol–water partition coefficient (Wildman–Crippen LogP) is 3.85. The average Bonchev–Trinajstić information content (AvgIpc) is 2.73. The number of aromatic nitrogens is 1. The van der Waals surface area contributed by atoms with E-state index < -0.39 is 28.5 Å². The van der Waals surface area contributed by atoms with Crippen molar-refractivity contribution in [1.29, 1.82) is 0 Å². The number of amides is 1. The third kappa shape index (κ3) is 5.98. The summed E-state index contributed by atoms with van der Waals surface area (Å²) in [6, 6.07) is 6.88. The molecule has 2 heterocycles. The van der Waals surface area contributed by atoms with E-state index in [0.29, 0.717) is 18.1 Å². The monoisotopic (exact) mass is 499 g/mol. The van der Waals surface area contributed by atoms with E-state index in [0.717, 1.165) is 6.42 Å². The van der Waals surface area contributed by atoms with Crippen LogP contribution in [0.25, 0.3) is 0 Å². The van der Waals surface area contributed by atoms with Crippen molar-refractivity contribution < 1.29 is 22.7 Å². The maximum absolute atomic E-state index is 12.9. The zero-order valence-corrected chi connectivity index (χ0v) is 19.9. The van der Waals surface area contributed by atoms with E-state index in [9.17, 15) is 18.0 Å². The van der Waals surface area contributed by atoms with Crippen LogP contribution in [0.5, 0.6) is 0 Å². The highest BCUT2D eigenvalue weighted by atomic mass is 35.5. The summed E-state index contributed by atoms with van der Waals surface area (Å²) in [5.74, 6) is -0.742. The molecule has 0 radical (unpaired) electrons. The van der Waals surface area contributed by atoms with Crippen LogP contribution in [0, 0.1) is 11.8 Å². The highest BCUT2D eigenvalue weighted by Crippen LogP contribution is 2.27. The lowest BCUT2D eigenvalue weighted by molar-refractivity contribution is -0.119. The molecule has 11 heteroatoms. The van der Waals surface area contributed by atoms with Crippen molar-refractivity contribution in [3.63, 3.8) is 0 Å². The van der Waals surface area contributed by atoms with Crippen LogP contribution in [0.15, 0.2) is 41.4 Å². The quantitative estimate of drug-likeness (QED) is 0.604. The summed E-state index contributed by atoms with van der Waals surface area (Å²) in [6.07, 6.45) is 2.31. The lowest BCUT2D eigenvalue weighted by Gasteiger charge is -2.34. The van der Waals surface area contributed by atoms with E-state index in [1.54, 1.807) is 0 Å². The van der Waals surface area contributed by atoms with Gasteiger partial charge in [-0.05, 0) is 48.6 Å². The molecular formula is C21H23Cl2N3O5S. The summed E-state index contributed by atoms with van der Waals surface area (Å²) in [4.78, 5) is 28.2. The molecule has 1 fully saturated rings. The summed E-state index contributed by atoms with van der Waals surface area (Å²) in [5.41, 5.74) is 0.125. The molecule has 2 atom stereocenters. The molecule has 0 aliphatic carbocycles. The van der Waals surface area contributed by atoms with E-state index in [1.165, 1.54) is 40.8 Å². The minimum absolute atomic E-state index is 0.0908. The molecule has 2 aromatic rings. The summed E-state index contributed by atoms with van der Waals surface area (Å²) in [6.45, 7) is 4.44. The molecule has 3 rings (SSSR count). The summed E-state index contributed by atoms with van der Waals surface area (Å²) in [7, 11) is -3.65. The first-order valence-electron chi connectivity index (χ1n) is 9.94. The first-order chi connectivity index (χ1) is 15.1. The fraction of sp³-hybridized carbons (Fsp3) is 0.381. The number of rotatable bonds is 6. The number of benzene rings is 1. The Morgan fingerprint density at radius 3 is 2.38 bits per heavy atom. The van der Waals surface area contributed by atoms with Crippen LogP contribution in [0.3, 0.4) is 0 Å². The first kappa shape index (κ1) is 24.4. The molecular weight excluding hydrogens is 477 g/mol. The molecule has 1 aliphatic heterocycles. The number of anilines is 1. The highest BCUT2D eigenvalue weighted by Gasteiger charge is 2.31. The average molecular weight is 500 g/mol. The standard InChI is InChI=1S/C21H23Cl2N3O5S/c1-13-7-14(2)11-26(10-13)32(29,30)17-5-3-15(4-6-17)21(28)31-12-19(27)25-20-18(23)8-16(22)9-24-20/h3-6,8-9,13-14H,7,10-12H2,1-2H3,(H,24,25,27)/t13-,14+. The molecule has 1 aromatic carbocycles. The van der Waals surface area contributed by atoms with Gasteiger partial charge in [0.25, 0.3) is 5.91 Å². The number of pyridine rings is 1. The Balaban J connectivity index is 1.59. The maximum atomic E-state index is 12.9. The first-order valence-corrected chi connectivity index (χ1v) is 12.1. The van der Waals surface area contributed by atoms with Crippen LogP contribution < -0.4 is 5.32 Å². The van der Waals surface area contributed by atoms with Crippen molar-refractivity contribution in [3.05, 3.63) is 52.1 Å². The third-order valence-electron chi connectivity index (χ3n) is 4.96. The Bertz CT molecular complexity index is 1100. The summed E-state index contributed by atoms with van der Waals surface area (Å²) < 4.78 is 32.3. The number of esters is 1. The van der Waals surface area contributed by atoms with Crippen LogP contribution in [0.4, 0.5) is 5.82 Å². The van der Waals surface area contributed by atoms with Crippen LogP contribution in [-0.2, 0) is 19.6 Å². The Kier molecular flexibility index (Phi) is 7.76. The van der Waals surface area contributed by atoms with E-state index in [2.05, 4.69) is 10.3 Å². The number of sulfonamides is 1. The van der Waals surface area contributed by atoms with Crippen LogP contribution in [-0.4, -0.2) is 49.3 Å². The van der Waals surface area contributed by atoms with Gasteiger partial charge in [-0.15, -0.1) is 0 Å². The largest absolute Gasteiger partial charge is 0.452 e. The Morgan fingerprint density at radius 1 is 1.16 bits per heavy atom. The van der Waals surface area contributed by atoms with E-state index in [1.807, 2.05) is 13.8 Å². The second-order valence-corrected chi connectivity index (χ2v) is 10.7. The fourth-order valence-electron chi connectivity index (χ4n) is 3.60. The predicted molar refractivity (Wildman–Crippen MR) is 121 cm³/mol. The molecule has 172 valence electrons. The second-order valence-electron chi connectivity index (χ2n) is 7.90. The molecule has 0 spiro atoms. The second kappa shape index (κ2) is 10.2. The van der Waals surface area contributed by atoms with Crippen molar-refractivity contribution in [2.45, 2.75) is 25.2 Å². The minimum Gasteiger partial charge on any atom is -0.452 e. The van der Waals surface area contributed by atoms with Gasteiger partial charge in [0.15, 0.2) is 12.4 Å². The number of ether oxygens (including phenoxy) is 1. The van der Waals surface area contributed by atoms with Gasteiger partial charge in [-0.1, -0.05) is 37.0 Å². The number of nitrogens with zero attached hydrogens (tertiary/aromatic N) is 2. The SMILES string of the molecule is C[C@@H]1C[C@H](C)CN(S(=O)(=O)c2ccc(C(=O)OCC(=O)Nc3ncc(Cl)cc3Cl)cc2)C1. The molecule has 0 unspecified atom stereocenters. The van der Waals surface area contributed by atoms with Gasteiger partial charge < -0.3 is 10.1 Å². The summed E-state index contributed by atoms with van der Waals surface area (Å²) in [5, 5.41) is 2.87. The molecule has 0 bridgehead atoms. The molecule has 32 heavy (non-hydrogen) atoms. The number of carbonyl (C=O) groups excluding carboxylic acids is 2. The summed E-state index contributed by atoms with van der Waals surface area (Å²) >= 11 is 11.7. The minimum atomic E-state index is -3.65.